The van der Waals surface area contributed by atoms with Crippen LogP contribution in [0.2, 0.25) is 0 Å². The first kappa shape index (κ1) is 95.0. The molecule has 11 aromatic carbocycles. The minimum absolute atomic E-state index is 0.646. The number of rotatable bonds is 34. The first-order valence-corrected chi connectivity index (χ1v) is 52.1. The first-order valence-electron chi connectivity index (χ1n) is 48.9. The Bertz CT molecular complexity index is 5430. The average molecular weight is 1980 g/mol. The van der Waals surface area contributed by atoms with E-state index in [1.807, 2.05) is 72.8 Å². The quantitative estimate of drug-likeness (QED) is 0.0364. The van der Waals surface area contributed by atoms with Crippen LogP contribution in [-0.4, -0.2) is 44.9 Å². The highest BCUT2D eigenvalue weighted by atomic mass is 79.9. The highest BCUT2D eigenvalue weighted by Gasteiger charge is 2.24. The number of benzene rings is 11. The van der Waals surface area contributed by atoms with Gasteiger partial charge in [0, 0.05) is 68.0 Å². The van der Waals surface area contributed by atoms with Gasteiger partial charge in [-0.3, -0.25) is 0 Å². The van der Waals surface area contributed by atoms with E-state index in [1.54, 1.807) is 0 Å². The van der Waals surface area contributed by atoms with Crippen molar-refractivity contribution in [2.45, 2.75) is 270 Å². The standard InChI is InChI=1S/C45H45Br2N3.C39H45N3.C33H37Br2N3/c1-3-5-7-9-11-32-13-17-34(18-14-32)38-29-39(35-19-15-33(16-20-35)12-10-8-6-4-2)31-40(30-38)45-49-43(36-21-25-41(46)26-22-36)48-44(50-45)37-23-27-42(47)28-24-37;1-4-10-28(11-5-1)31-16-22-34(23-17-31)37-40-38(35-24-18-32(19-25-35)29-12-6-2-7-13-29)42-39(41-37)36-26-20-33(21-27-36)30-14-8-3-9-15-30;1-3-5-7-9-11-24-21-25(12-10-8-6-4-2)23-28(22-24)33-37-31(26-13-17-29(34)18-14-26)36-32(38-33)27-15-19-30(35)20-16-27/h13-31H,3-12H2,1-2H3;16-30H,1-15H2;13-23H,3-12H2,1-2H3. The molecular weight excluding hydrogens is 1850 g/mol. The second-order valence-corrected chi connectivity index (χ2v) is 40.0. The molecule has 0 radical (unpaired) electrons. The largest absolute Gasteiger partial charge is 0.208 e. The molecule has 3 fully saturated rings. The molecular formula is C117H127Br4N9. The second-order valence-electron chi connectivity index (χ2n) is 36.3. The molecule has 0 aliphatic heterocycles. The van der Waals surface area contributed by atoms with Crippen molar-refractivity contribution in [2.75, 3.05) is 0 Å². The summed E-state index contributed by atoms with van der Waals surface area (Å²) < 4.78 is 4.10. The monoisotopic (exact) mass is 1970 g/mol. The van der Waals surface area contributed by atoms with Gasteiger partial charge in [-0.2, -0.15) is 0 Å². The molecule has 130 heavy (non-hydrogen) atoms. The third kappa shape index (κ3) is 27.3. The topological polar surface area (TPSA) is 116 Å². The summed E-state index contributed by atoms with van der Waals surface area (Å²) in [4.78, 5) is 45.2. The van der Waals surface area contributed by atoms with Gasteiger partial charge in [-0.15, -0.1) is 0 Å². The molecule has 3 heterocycles. The maximum atomic E-state index is 5.10. The van der Waals surface area contributed by atoms with Gasteiger partial charge in [0.25, 0.3) is 0 Å². The molecule has 3 aliphatic carbocycles. The average Bonchev–Trinajstić information content (AvgIpc) is 0.754. The molecule has 3 saturated carbocycles. The molecule has 14 aromatic rings. The number of hydrogen-bond donors (Lipinski definition) is 0. The van der Waals surface area contributed by atoms with E-state index in [0.29, 0.717) is 46.9 Å². The molecule has 9 nitrogen and oxygen atoms in total. The summed E-state index contributed by atoms with van der Waals surface area (Å²) in [5.41, 5.74) is 23.7. The van der Waals surface area contributed by atoms with E-state index < -0.39 is 0 Å². The summed E-state index contributed by atoms with van der Waals surface area (Å²) in [5, 5.41) is 0. The number of aromatic nitrogens is 9. The van der Waals surface area contributed by atoms with Crippen LogP contribution < -0.4 is 0 Å². The molecule has 668 valence electrons. The molecule has 0 atom stereocenters. The van der Waals surface area contributed by atoms with Gasteiger partial charge >= 0.3 is 0 Å². The summed E-state index contributed by atoms with van der Waals surface area (Å²) in [6.45, 7) is 9.06. The van der Waals surface area contributed by atoms with E-state index >= 15 is 0 Å². The van der Waals surface area contributed by atoms with Crippen LogP contribution in [-0.2, 0) is 25.7 Å². The highest BCUT2D eigenvalue weighted by molar-refractivity contribution is 9.11. The van der Waals surface area contributed by atoms with E-state index in [4.69, 9.17) is 44.9 Å². The van der Waals surface area contributed by atoms with Gasteiger partial charge < -0.3 is 0 Å². The molecule has 13 heteroatoms. The Labute approximate surface area is 808 Å². The minimum atomic E-state index is 0.646. The van der Waals surface area contributed by atoms with Gasteiger partial charge in [0.1, 0.15) is 0 Å². The first-order chi connectivity index (χ1) is 63.8. The molecule has 0 spiro atoms. The van der Waals surface area contributed by atoms with E-state index in [2.05, 4.69) is 273 Å². The molecule has 3 aliphatic rings. The van der Waals surface area contributed by atoms with Crippen molar-refractivity contribution >= 4 is 63.7 Å². The third-order valence-electron chi connectivity index (χ3n) is 26.4. The SMILES string of the molecule is CCCCCCc1cc(CCCCCC)cc(-c2nc(-c3ccc(Br)cc3)nc(-c3ccc(Br)cc3)n2)c1.CCCCCCc1ccc(-c2cc(-c3ccc(CCCCCC)cc3)cc(-c3nc(-c4ccc(Br)cc4)nc(-c4ccc(Br)cc4)n3)c2)cc1.c1cc(C2CCCCC2)ccc1-c1nc(-c2ccc(C3CCCCC3)cc2)nc(-c2ccc(C3CCCCC3)cc2)n1. The maximum Gasteiger partial charge on any atom is 0.164 e. The van der Waals surface area contributed by atoms with Crippen LogP contribution in [0, 0.1) is 0 Å². The van der Waals surface area contributed by atoms with Crippen molar-refractivity contribution in [2.24, 2.45) is 0 Å². The molecule has 17 rings (SSSR count). The lowest BCUT2D eigenvalue weighted by Gasteiger charge is -2.22. The Morgan fingerprint density at radius 1 is 0.185 bits per heavy atom. The molecule has 0 bridgehead atoms. The van der Waals surface area contributed by atoms with Crippen molar-refractivity contribution in [1.82, 2.24) is 44.9 Å². The number of hydrogen-bond acceptors (Lipinski definition) is 9. The Morgan fingerprint density at radius 3 is 0.623 bits per heavy atom. The highest BCUT2D eigenvalue weighted by Crippen LogP contribution is 2.41. The van der Waals surface area contributed by atoms with Crippen LogP contribution in [0.5, 0.6) is 0 Å². The van der Waals surface area contributed by atoms with Crippen molar-refractivity contribution in [3.63, 3.8) is 0 Å². The number of nitrogens with zero attached hydrogens (tertiary/aromatic N) is 9. The lowest BCUT2D eigenvalue weighted by atomic mass is 9.84. The second kappa shape index (κ2) is 49.2. The third-order valence-corrected chi connectivity index (χ3v) is 28.5. The van der Waals surface area contributed by atoms with Gasteiger partial charge in [0.15, 0.2) is 52.4 Å². The van der Waals surface area contributed by atoms with Crippen molar-refractivity contribution < 1.29 is 0 Å². The number of unbranched alkanes of at least 4 members (excludes halogenated alkanes) is 12. The summed E-state index contributed by atoms with van der Waals surface area (Å²) in [7, 11) is 0. The van der Waals surface area contributed by atoms with Gasteiger partial charge in [0.05, 0.1) is 0 Å². The van der Waals surface area contributed by atoms with Crippen LogP contribution in [0.4, 0.5) is 0 Å². The van der Waals surface area contributed by atoms with E-state index in [9.17, 15) is 0 Å². The Hall–Kier alpha value is -9.63. The van der Waals surface area contributed by atoms with E-state index in [0.717, 1.165) is 128 Å². The van der Waals surface area contributed by atoms with Crippen LogP contribution >= 0.6 is 63.7 Å². The predicted molar refractivity (Wildman–Crippen MR) is 559 cm³/mol. The molecule has 0 amide bonds. The summed E-state index contributed by atoms with van der Waals surface area (Å²) >= 11 is 14.2. The zero-order chi connectivity index (χ0) is 89.6. The van der Waals surface area contributed by atoms with E-state index in [-0.39, 0.29) is 0 Å². The van der Waals surface area contributed by atoms with Crippen molar-refractivity contribution in [1.29, 1.82) is 0 Å². The Balaban J connectivity index is 0.000000151. The van der Waals surface area contributed by atoms with Gasteiger partial charge in [-0.1, -0.05) is 402 Å². The van der Waals surface area contributed by atoms with E-state index in [1.165, 1.54) is 249 Å². The van der Waals surface area contributed by atoms with Crippen molar-refractivity contribution in [3.05, 3.63) is 312 Å². The Kier molecular flexibility index (Phi) is 36.0. The molecule has 0 saturated heterocycles. The predicted octanol–water partition coefficient (Wildman–Crippen LogP) is 35.6. The Morgan fingerprint density at radius 2 is 0.385 bits per heavy atom. The fraction of sp³-hybridized carbons (Fsp3) is 0.359. The van der Waals surface area contributed by atoms with Crippen molar-refractivity contribution in [3.8, 4) is 125 Å². The maximum absolute atomic E-state index is 5.10. The fourth-order valence-corrected chi connectivity index (χ4v) is 19.8. The molecule has 3 aromatic heterocycles. The summed E-state index contributed by atoms with van der Waals surface area (Å²) in [5.74, 6) is 8.44. The summed E-state index contributed by atoms with van der Waals surface area (Å²) in [6.07, 6.45) is 44.9. The van der Waals surface area contributed by atoms with Crippen LogP contribution in [0.1, 0.15) is 283 Å². The van der Waals surface area contributed by atoms with Crippen LogP contribution in [0.25, 0.3) is 125 Å². The fourth-order valence-electron chi connectivity index (χ4n) is 18.7. The van der Waals surface area contributed by atoms with Crippen LogP contribution in [0.15, 0.2) is 273 Å². The number of halogens is 4. The van der Waals surface area contributed by atoms with Gasteiger partial charge in [0.2, 0.25) is 0 Å². The van der Waals surface area contributed by atoms with Gasteiger partial charge in [-0.05, 0) is 248 Å². The summed E-state index contributed by atoms with van der Waals surface area (Å²) in [6, 6.07) is 91.9. The molecule has 0 unspecified atom stereocenters. The molecule has 0 N–H and O–H groups in total. The minimum Gasteiger partial charge on any atom is -0.208 e. The lowest BCUT2D eigenvalue weighted by molar-refractivity contribution is 0.443. The van der Waals surface area contributed by atoms with Crippen LogP contribution in [0.3, 0.4) is 0 Å². The normalized spacial score (nSPS) is 13.8. The van der Waals surface area contributed by atoms with Gasteiger partial charge in [-0.25, -0.2) is 44.9 Å². The lowest BCUT2D eigenvalue weighted by Crippen LogP contribution is -2.05. The zero-order valence-electron chi connectivity index (χ0n) is 76.8. The zero-order valence-corrected chi connectivity index (χ0v) is 83.1. The smallest absolute Gasteiger partial charge is 0.164 e. The number of aryl methyl sites for hydroxylation is 4.